The minimum Gasteiger partial charge on any atom is -0.339 e. The molecule has 1 fully saturated rings. The van der Waals surface area contributed by atoms with Crippen LogP contribution in [0.2, 0.25) is 0 Å². The number of nitrogens with zero attached hydrogens (tertiary/aromatic N) is 3. The van der Waals surface area contributed by atoms with Crippen molar-refractivity contribution >= 4 is 11.9 Å². The van der Waals surface area contributed by atoms with E-state index in [4.69, 9.17) is 4.52 Å². The van der Waals surface area contributed by atoms with Gasteiger partial charge in [0.1, 0.15) is 11.9 Å². The standard InChI is InChI=1S/C24H26FN5O3/c1-2-26-24(32)28-22(31)20(16-7-4-3-5-8-16)30-14-6-9-18(15-30)23-27-21(29-33-23)17-10-12-19(25)13-11-17/h3-5,7-8,10-13,18,20H,2,6,9,14-15H2,1H3,(H2,26,28,31,32). The molecule has 4 rings (SSSR count). The van der Waals surface area contributed by atoms with Crippen LogP contribution in [0.4, 0.5) is 9.18 Å². The van der Waals surface area contributed by atoms with Crippen LogP contribution in [0, 0.1) is 5.82 Å². The molecular formula is C24H26FN5O3. The van der Waals surface area contributed by atoms with Gasteiger partial charge in [-0.1, -0.05) is 35.5 Å². The second-order valence-electron chi connectivity index (χ2n) is 7.96. The van der Waals surface area contributed by atoms with Crippen molar-refractivity contribution in [2.45, 2.75) is 31.7 Å². The Bertz CT molecular complexity index is 1090. The van der Waals surface area contributed by atoms with Crippen LogP contribution in [0.5, 0.6) is 0 Å². The molecule has 3 amide bonds. The van der Waals surface area contributed by atoms with Crippen LogP contribution >= 0.6 is 0 Å². The average molecular weight is 452 g/mol. The molecule has 3 aromatic rings. The van der Waals surface area contributed by atoms with E-state index < -0.39 is 12.1 Å². The van der Waals surface area contributed by atoms with Crippen molar-refractivity contribution in [1.29, 1.82) is 0 Å². The number of halogens is 1. The van der Waals surface area contributed by atoms with E-state index in [0.29, 0.717) is 36.9 Å². The number of urea groups is 1. The molecule has 2 atom stereocenters. The van der Waals surface area contributed by atoms with E-state index in [1.165, 1.54) is 12.1 Å². The van der Waals surface area contributed by atoms with Crippen LogP contribution in [0.15, 0.2) is 59.1 Å². The molecule has 0 aliphatic carbocycles. The highest BCUT2D eigenvalue weighted by Crippen LogP contribution is 2.32. The highest BCUT2D eigenvalue weighted by atomic mass is 19.1. The van der Waals surface area contributed by atoms with E-state index in [1.807, 2.05) is 35.2 Å². The summed E-state index contributed by atoms with van der Waals surface area (Å²) in [5.74, 6) is 0.100. The number of carbonyl (C=O) groups excluding carboxylic acids is 2. The second-order valence-corrected chi connectivity index (χ2v) is 7.96. The molecule has 2 N–H and O–H groups in total. The molecule has 2 aromatic carbocycles. The third kappa shape index (κ3) is 5.43. The Kier molecular flexibility index (Phi) is 7.09. The third-order valence-corrected chi connectivity index (χ3v) is 5.65. The van der Waals surface area contributed by atoms with Crippen molar-refractivity contribution in [1.82, 2.24) is 25.7 Å². The number of amides is 3. The predicted octanol–water partition coefficient (Wildman–Crippen LogP) is 3.64. The van der Waals surface area contributed by atoms with Crippen molar-refractivity contribution in [3.63, 3.8) is 0 Å². The van der Waals surface area contributed by atoms with Gasteiger partial charge in [-0.25, -0.2) is 9.18 Å². The highest BCUT2D eigenvalue weighted by molar-refractivity contribution is 5.97. The maximum Gasteiger partial charge on any atom is 0.321 e. The van der Waals surface area contributed by atoms with E-state index in [-0.39, 0.29) is 17.6 Å². The van der Waals surface area contributed by atoms with Crippen LogP contribution < -0.4 is 10.6 Å². The number of piperidine rings is 1. The topological polar surface area (TPSA) is 100 Å². The van der Waals surface area contributed by atoms with Crippen molar-refractivity contribution in [3.8, 4) is 11.4 Å². The molecule has 1 saturated heterocycles. The van der Waals surface area contributed by atoms with Crippen LogP contribution in [-0.4, -0.2) is 46.6 Å². The molecular weight excluding hydrogens is 425 g/mol. The molecule has 2 unspecified atom stereocenters. The van der Waals surface area contributed by atoms with Gasteiger partial charge in [0.15, 0.2) is 0 Å². The summed E-state index contributed by atoms with van der Waals surface area (Å²) < 4.78 is 18.8. The molecule has 0 saturated carbocycles. The van der Waals surface area contributed by atoms with Gasteiger partial charge in [-0.2, -0.15) is 4.98 Å². The molecule has 172 valence electrons. The Morgan fingerprint density at radius 3 is 2.67 bits per heavy atom. The number of carbonyl (C=O) groups is 2. The maximum atomic E-state index is 13.2. The van der Waals surface area contributed by atoms with Gasteiger partial charge >= 0.3 is 6.03 Å². The lowest BCUT2D eigenvalue weighted by atomic mass is 9.94. The maximum absolute atomic E-state index is 13.2. The first-order valence-corrected chi connectivity index (χ1v) is 11.0. The molecule has 33 heavy (non-hydrogen) atoms. The van der Waals surface area contributed by atoms with Crippen LogP contribution in [0.1, 0.15) is 43.2 Å². The normalized spacial score (nSPS) is 17.3. The smallest absolute Gasteiger partial charge is 0.321 e. The summed E-state index contributed by atoms with van der Waals surface area (Å²) >= 11 is 0. The first-order chi connectivity index (χ1) is 16.0. The minimum absolute atomic E-state index is 0.0658. The van der Waals surface area contributed by atoms with Gasteiger partial charge in [-0.3, -0.25) is 15.0 Å². The largest absolute Gasteiger partial charge is 0.339 e. The number of benzene rings is 2. The molecule has 0 spiro atoms. The van der Waals surface area contributed by atoms with E-state index in [0.717, 1.165) is 18.4 Å². The summed E-state index contributed by atoms with van der Waals surface area (Å²) in [6.07, 6.45) is 1.66. The summed E-state index contributed by atoms with van der Waals surface area (Å²) in [6, 6.07) is 14.2. The lowest BCUT2D eigenvalue weighted by Gasteiger charge is -2.36. The Hall–Kier alpha value is -3.59. The number of likely N-dealkylation sites (tertiary alicyclic amines) is 1. The summed E-state index contributed by atoms with van der Waals surface area (Å²) in [5.41, 5.74) is 1.47. The van der Waals surface area contributed by atoms with E-state index in [1.54, 1.807) is 19.1 Å². The van der Waals surface area contributed by atoms with E-state index >= 15 is 0 Å². The molecule has 1 aliphatic rings. The summed E-state index contributed by atoms with van der Waals surface area (Å²) in [4.78, 5) is 31.7. The third-order valence-electron chi connectivity index (χ3n) is 5.65. The van der Waals surface area contributed by atoms with Crippen LogP contribution in [0.3, 0.4) is 0 Å². The summed E-state index contributed by atoms with van der Waals surface area (Å²) in [5, 5.41) is 9.10. The van der Waals surface area contributed by atoms with Crippen molar-refractivity contribution in [2.75, 3.05) is 19.6 Å². The predicted molar refractivity (Wildman–Crippen MR) is 120 cm³/mol. The lowest BCUT2D eigenvalue weighted by molar-refractivity contribution is -0.126. The summed E-state index contributed by atoms with van der Waals surface area (Å²) in [7, 11) is 0. The number of aromatic nitrogens is 2. The Balaban J connectivity index is 1.54. The van der Waals surface area contributed by atoms with Gasteiger partial charge in [0.2, 0.25) is 17.6 Å². The number of imide groups is 1. The van der Waals surface area contributed by atoms with Gasteiger partial charge in [-0.05, 0) is 56.1 Å². The molecule has 1 aromatic heterocycles. The molecule has 0 bridgehead atoms. The van der Waals surface area contributed by atoms with Crippen molar-refractivity contribution in [2.24, 2.45) is 0 Å². The van der Waals surface area contributed by atoms with E-state index in [9.17, 15) is 14.0 Å². The molecule has 2 heterocycles. The Morgan fingerprint density at radius 2 is 1.94 bits per heavy atom. The zero-order valence-electron chi connectivity index (χ0n) is 18.3. The zero-order valence-corrected chi connectivity index (χ0v) is 18.3. The molecule has 0 radical (unpaired) electrons. The Morgan fingerprint density at radius 1 is 1.18 bits per heavy atom. The first kappa shape index (κ1) is 22.6. The zero-order chi connectivity index (χ0) is 23.2. The molecule has 8 nitrogen and oxygen atoms in total. The first-order valence-electron chi connectivity index (χ1n) is 11.0. The van der Waals surface area contributed by atoms with Crippen LogP contribution in [0.25, 0.3) is 11.4 Å². The van der Waals surface area contributed by atoms with Crippen molar-refractivity contribution < 1.29 is 18.5 Å². The van der Waals surface area contributed by atoms with Crippen molar-refractivity contribution in [3.05, 3.63) is 71.9 Å². The van der Waals surface area contributed by atoms with Gasteiger partial charge in [0.05, 0.1) is 5.92 Å². The van der Waals surface area contributed by atoms with E-state index in [2.05, 4.69) is 20.8 Å². The lowest BCUT2D eigenvalue weighted by Crippen LogP contribution is -2.48. The van der Waals surface area contributed by atoms with Gasteiger partial charge in [0.25, 0.3) is 0 Å². The molecule has 9 heteroatoms. The van der Waals surface area contributed by atoms with Crippen LogP contribution in [-0.2, 0) is 4.79 Å². The highest BCUT2D eigenvalue weighted by Gasteiger charge is 2.34. The number of rotatable bonds is 6. The fourth-order valence-corrected chi connectivity index (χ4v) is 4.11. The van der Waals surface area contributed by atoms with Gasteiger partial charge in [-0.15, -0.1) is 0 Å². The number of hydrogen-bond donors (Lipinski definition) is 2. The van der Waals surface area contributed by atoms with Gasteiger partial charge in [0, 0.05) is 18.7 Å². The number of nitrogens with one attached hydrogen (secondary N) is 2. The fraction of sp³-hybridized carbons (Fsp3) is 0.333. The summed E-state index contributed by atoms with van der Waals surface area (Å²) in [6.45, 7) is 3.43. The Labute approximate surface area is 191 Å². The monoisotopic (exact) mass is 451 g/mol. The van der Waals surface area contributed by atoms with Gasteiger partial charge < -0.3 is 9.84 Å². The second kappa shape index (κ2) is 10.4. The SMILES string of the molecule is CCNC(=O)NC(=O)C(c1ccccc1)N1CCCC(c2nc(-c3ccc(F)cc3)no2)C1. The molecule has 1 aliphatic heterocycles. The quantitative estimate of drug-likeness (QED) is 0.594. The fourth-order valence-electron chi connectivity index (χ4n) is 4.11. The minimum atomic E-state index is -0.629. The number of hydrogen-bond acceptors (Lipinski definition) is 6. The average Bonchev–Trinajstić information content (AvgIpc) is 3.31.